The number of nitrogens with zero attached hydrogens (tertiary/aromatic N) is 3. The van der Waals surface area contributed by atoms with Gasteiger partial charge in [-0.05, 0) is 49.6 Å². The number of halogens is 1. The van der Waals surface area contributed by atoms with Gasteiger partial charge in [-0.3, -0.25) is 9.58 Å². The third-order valence-corrected chi connectivity index (χ3v) is 4.30. The van der Waals surface area contributed by atoms with E-state index in [2.05, 4.69) is 10.00 Å². The molecular weight excluding hydrogens is 281 g/mol. The van der Waals surface area contributed by atoms with Gasteiger partial charge in [0.25, 0.3) is 0 Å². The van der Waals surface area contributed by atoms with E-state index in [1.807, 2.05) is 24.0 Å². The zero-order chi connectivity index (χ0) is 15.5. The van der Waals surface area contributed by atoms with E-state index in [1.165, 1.54) is 12.1 Å². The lowest BCUT2D eigenvalue weighted by atomic mass is 10.1. The van der Waals surface area contributed by atoms with Gasteiger partial charge in [0.1, 0.15) is 5.82 Å². The van der Waals surface area contributed by atoms with Crippen molar-refractivity contribution in [1.82, 2.24) is 14.7 Å². The highest BCUT2D eigenvalue weighted by Crippen LogP contribution is 2.23. The van der Waals surface area contributed by atoms with Gasteiger partial charge >= 0.3 is 0 Å². The molecule has 0 spiro atoms. The third-order valence-electron chi connectivity index (χ3n) is 4.30. The lowest BCUT2D eigenvalue weighted by Crippen LogP contribution is -2.36. The zero-order valence-corrected chi connectivity index (χ0v) is 12.8. The molecule has 1 aliphatic heterocycles. The summed E-state index contributed by atoms with van der Waals surface area (Å²) in [5.41, 5.74) is 1.80. The molecule has 1 saturated heterocycles. The molecule has 3 rings (SSSR count). The highest BCUT2D eigenvalue weighted by molar-refractivity contribution is 5.19. The van der Waals surface area contributed by atoms with Crippen LogP contribution in [0.15, 0.2) is 36.7 Å². The Morgan fingerprint density at radius 1 is 1.45 bits per heavy atom. The van der Waals surface area contributed by atoms with Gasteiger partial charge in [0.2, 0.25) is 0 Å². The third kappa shape index (κ3) is 3.54. The Balaban J connectivity index is 1.63. The summed E-state index contributed by atoms with van der Waals surface area (Å²) in [6.45, 7) is 4.37. The summed E-state index contributed by atoms with van der Waals surface area (Å²) in [6.07, 6.45) is 5.48. The first-order chi connectivity index (χ1) is 10.6. The van der Waals surface area contributed by atoms with E-state index >= 15 is 0 Å². The predicted molar refractivity (Wildman–Crippen MR) is 82.9 cm³/mol. The SMILES string of the molecule is Cc1cnn(C[C@H]2CCCN2C[C@@H](O)c2cccc(F)c2)c1. The molecule has 0 aliphatic carbocycles. The average molecular weight is 303 g/mol. The number of aryl methyl sites for hydroxylation is 1. The van der Waals surface area contributed by atoms with Gasteiger partial charge in [0.05, 0.1) is 18.8 Å². The molecule has 2 atom stereocenters. The van der Waals surface area contributed by atoms with E-state index in [9.17, 15) is 9.50 Å². The summed E-state index contributed by atoms with van der Waals surface area (Å²) >= 11 is 0. The maximum atomic E-state index is 13.3. The smallest absolute Gasteiger partial charge is 0.123 e. The Morgan fingerprint density at radius 2 is 2.32 bits per heavy atom. The minimum absolute atomic E-state index is 0.304. The van der Waals surface area contributed by atoms with Gasteiger partial charge in [-0.2, -0.15) is 5.10 Å². The number of aromatic nitrogens is 2. The Labute approximate surface area is 130 Å². The first-order valence-electron chi connectivity index (χ1n) is 7.78. The van der Waals surface area contributed by atoms with Gasteiger partial charge < -0.3 is 5.11 Å². The number of aliphatic hydroxyl groups is 1. The summed E-state index contributed by atoms with van der Waals surface area (Å²) in [7, 11) is 0. The normalized spacial score (nSPS) is 20.4. The minimum Gasteiger partial charge on any atom is -0.387 e. The molecule has 22 heavy (non-hydrogen) atoms. The molecule has 1 N–H and O–H groups in total. The van der Waals surface area contributed by atoms with Crippen LogP contribution in [0, 0.1) is 12.7 Å². The van der Waals surface area contributed by atoms with Crippen LogP contribution in [0.5, 0.6) is 0 Å². The zero-order valence-electron chi connectivity index (χ0n) is 12.8. The van der Waals surface area contributed by atoms with Crippen molar-refractivity contribution >= 4 is 0 Å². The van der Waals surface area contributed by atoms with Crippen LogP contribution in [-0.4, -0.2) is 38.9 Å². The van der Waals surface area contributed by atoms with Crippen molar-refractivity contribution in [3.05, 3.63) is 53.6 Å². The van der Waals surface area contributed by atoms with E-state index < -0.39 is 6.10 Å². The Bertz CT molecular complexity index is 628. The number of hydrogen-bond acceptors (Lipinski definition) is 3. The molecule has 1 aromatic carbocycles. The van der Waals surface area contributed by atoms with E-state index in [-0.39, 0.29) is 5.82 Å². The second kappa shape index (κ2) is 6.58. The van der Waals surface area contributed by atoms with Crippen LogP contribution in [-0.2, 0) is 6.54 Å². The lowest BCUT2D eigenvalue weighted by molar-refractivity contribution is 0.100. The summed E-state index contributed by atoms with van der Waals surface area (Å²) in [5.74, 6) is -0.304. The molecule has 4 nitrogen and oxygen atoms in total. The second-order valence-corrected chi connectivity index (χ2v) is 6.10. The van der Waals surface area contributed by atoms with Gasteiger partial charge in [0.15, 0.2) is 0 Å². The fourth-order valence-electron chi connectivity index (χ4n) is 3.17. The van der Waals surface area contributed by atoms with Crippen molar-refractivity contribution in [2.24, 2.45) is 0 Å². The van der Waals surface area contributed by atoms with Crippen molar-refractivity contribution in [3.8, 4) is 0 Å². The molecule has 1 aliphatic rings. The summed E-state index contributed by atoms with van der Waals surface area (Å²) in [6, 6.07) is 6.60. The van der Waals surface area contributed by atoms with Gasteiger partial charge in [0, 0.05) is 18.8 Å². The minimum atomic E-state index is -0.657. The van der Waals surface area contributed by atoms with Gasteiger partial charge in [-0.15, -0.1) is 0 Å². The largest absolute Gasteiger partial charge is 0.387 e. The summed E-state index contributed by atoms with van der Waals surface area (Å²) in [5, 5.41) is 14.7. The van der Waals surface area contributed by atoms with Crippen LogP contribution >= 0.6 is 0 Å². The van der Waals surface area contributed by atoms with Crippen LogP contribution in [0.3, 0.4) is 0 Å². The molecule has 2 aromatic rings. The summed E-state index contributed by atoms with van der Waals surface area (Å²) in [4.78, 5) is 2.28. The van der Waals surface area contributed by atoms with Gasteiger partial charge in [-0.25, -0.2) is 4.39 Å². The Morgan fingerprint density at radius 3 is 3.05 bits per heavy atom. The van der Waals surface area contributed by atoms with Crippen molar-refractivity contribution in [2.45, 2.75) is 38.5 Å². The second-order valence-electron chi connectivity index (χ2n) is 6.10. The standard InChI is InChI=1S/C17H22FN3O/c1-13-9-19-21(10-13)11-16-6-3-7-20(16)12-17(22)14-4-2-5-15(18)8-14/h2,4-5,8-10,16-17,22H,3,6-7,11-12H2,1H3/t16-,17-/m1/s1. The number of benzene rings is 1. The topological polar surface area (TPSA) is 41.3 Å². The predicted octanol–water partition coefficient (Wildman–Crippen LogP) is 2.53. The Hall–Kier alpha value is -1.72. The average Bonchev–Trinajstić information content (AvgIpc) is 3.09. The highest BCUT2D eigenvalue weighted by Gasteiger charge is 2.27. The molecule has 118 valence electrons. The first-order valence-corrected chi connectivity index (χ1v) is 7.78. The van der Waals surface area contributed by atoms with Crippen LogP contribution < -0.4 is 0 Å². The number of rotatable bonds is 5. The van der Waals surface area contributed by atoms with E-state index in [0.717, 1.165) is 31.5 Å². The van der Waals surface area contributed by atoms with Crippen molar-refractivity contribution in [3.63, 3.8) is 0 Å². The van der Waals surface area contributed by atoms with Crippen LogP contribution in [0.1, 0.15) is 30.1 Å². The molecule has 0 saturated carbocycles. The fourth-order valence-corrected chi connectivity index (χ4v) is 3.17. The first kappa shape index (κ1) is 15.2. The van der Waals surface area contributed by atoms with Crippen LogP contribution in [0.2, 0.25) is 0 Å². The molecule has 1 fully saturated rings. The maximum Gasteiger partial charge on any atom is 0.123 e. The highest BCUT2D eigenvalue weighted by atomic mass is 19.1. The van der Waals surface area contributed by atoms with Crippen molar-refractivity contribution < 1.29 is 9.50 Å². The Kier molecular flexibility index (Phi) is 4.55. The molecule has 5 heteroatoms. The van der Waals surface area contributed by atoms with Crippen molar-refractivity contribution in [1.29, 1.82) is 0 Å². The molecule has 0 radical (unpaired) electrons. The molecule has 1 aromatic heterocycles. The quantitative estimate of drug-likeness (QED) is 0.923. The number of likely N-dealkylation sites (tertiary alicyclic amines) is 1. The molecule has 2 heterocycles. The van der Waals surface area contributed by atoms with E-state index in [4.69, 9.17) is 0 Å². The monoisotopic (exact) mass is 303 g/mol. The summed E-state index contributed by atoms with van der Waals surface area (Å²) < 4.78 is 15.2. The van der Waals surface area contributed by atoms with Crippen molar-refractivity contribution in [2.75, 3.05) is 13.1 Å². The van der Waals surface area contributed by atoms with E-state index in [1.54, 1.807) is 12.1 Å². The maximum absolute atomic E-state index is 13.3. The van der Waals surface area contributed by atoms with E-state index in [0.29, 0.717) is 18.2 Å². The van der Waals surface area contributed by atoms with Crippen LogP contribution in [0.25, 0.3) is 0 Å². The number of hydrogen-bond donors (Lipinski definition) is 1. The molecular formula is C17H22FN3O. The number of β-amino-alcohol motifs (C(OH)–C–C–N with tert-alkyl or cyclic N) is 1. The lowest BCUT2D eigenvalue weighted by Gasteiger charge is -2.27. The molecule has 0 amide bonds. The fraction of sp³-hybridized carbons (Fsp3) is 0.471. The number of aliphatic hydroxyl groups excluding tert-OH is 1. The van der Waals surface area contributed by atoms with Crippen LogP contribution in [0.4, 0.5) is 4.39 Å². The molecule has 0 unspecified atom stereocenters. The van der Waals surface area contributed by atoms with Gasteiger partial charge in [-0.1, -0.05) is 12.1 Å². The molecule has 0 bridgehead atoms.